The maximum absolute atomic E-state index is 6.14. The Balaban J connectivity index is 1.85. The second-order valence-corrected chi connectivity index (χ2v) is 6.05. The third-order valence-corrected chi connectivity index (χ3v) is 4.62. The number of para-hydroxylation sites is 2. The van der Waals surface area contributed by atoms with E-state index in [1.54, 1.807) is 0 Å². The van der Waals surface area contributed by atoms with Crippen LogP contribution < -0.4 is 14.5 Å². The topological polar surface area (TPSA) is 15.7 Å². The van der Waals surface area contributed by atoms with E-state index < -0.39 is 0 Å². The summed E-state index contributed by atoms with van der Waals surface area (Å²) >= 11 is 0. The Labute approximate surface area is 118 Å². The van der Waals surface area contributed by atoms with Gasteiger partial charge in [0.05, 0.1) is 11.4 Å². The predicted octanol–water partition coefficient (Wildman–Crippen LogP) is 4.04. The standard InChI is InChI=1S/C17H16N2O/c1-10(2)18-12-6-4-8-14-17(12)19-15(18)9-11-5-3-7-13(20-14)16(11)19/h3-8,10,15H,9H2,1-2H3. The number of benzene rings is 2. The van der Waals surface area contributed by atoms with Crippen molar-refractivity contribution in [2.24, 2.45) is 0 Å². The molecule has 3 heterocycles. The van der Waals surface area contributed by atoms with E-state index in [0.29, 0.717) is 12.2 Å². The minimum Gasteiger partial charge on any atom is -0.453 e. The molecule has 0 aliphatic carbocycles. The molecule has 3 heteroatoms. The molecule has 3 nitrogen and oxygen atoms in total. The minimum atomic E-state index is 0.409. The zero-order valence-corrected chi connectivity index (χ0v) is 11.6. The summed E-state index contributed by atoms with van der Waals surface area (Å²) in [6.45, 7) is 4.53. The first-order valence-electron chi connectivity index (χ1n) is 7.26. The lowest BCUT2D eigenvalue weighted by atomic mass is 10.1. The Bertz CT molecular complexity index is 738. The van der Waals surface area contributed by atoms with E-state index in [0.717, 1.165) is 17.9 Å². The van der Waals surface area contributed by atoms with Gasteiger partial charge in [-0.25, -0.2) is 0 Å². The van der Waals surface area contributed by atoms with E-state index in [2.05, 4.69) is 60.0 Å². The minimum absolute atomic E-state index is 0.409. The van der Waals surface area contributed by atoms with Crippen molar-refractivity contribution in [3.63, 3.8) is 0 Å². The van der Waals surface area contributed by atoms with Crippen molar-refractivity contribution in [1.82, 2.24) is 0 Å². The van der Waals surface area contributed by atoms with E-state index in [1.807, 2.05) is 0 Å². The second-order valence-electron chi connectivity index (χ2n) is 6.05. The van der Waals surface area contributed by atoms with Crippen LogP contribution in [0.1, 0.15) is 19.4 Å². The molecule has 3 aliphatic heterocycles. The van der Waals surface area contributed by atoms with Gasteiger partial charge in [0.25, 0.3) is 0 Å². The van der Waals surface area contributed by atoms with Crippen LogP contribution in [0.4, 0.5) is 17.1 Å². The molecular formula is C17H16N2O. The molecular weight excluding hydrogens is 248 g/mol. The van der Waals surface area contributed by atoms with Gasteiger partial charge in [0.2, 0.25) is 0 Å². The Morgan fingerprint density at radius 2 is 1.80 bits per heavy atom. The first-order chi connectivity index (χ1) is 9.75. The molecule has 0 N–H and O–H groups in total. The first-order valence-corrected chi connectivity index (χ1v) is 7.26. The van der Waals surface area contributed by atoms with E-state index >= 15 is 0 Å². The first kappa shape index (κ1) is 10.6. The number of ether oxygens (including phenoxy) is 1. The van der Waals surface area contributed by atoms with Crippen molar-refractivity contribution in [1.29, 1.82) is 0 Å². The summed E-state index contributed by atoms with van der Waals surface area (Å²) in [5, 5.41) is 0. The molecule has 3 aliphatic rings. The van der Waals surface area contributed by atoms with Crippen LogP contribution in [0.2, 0.25) is 0 Å². The Kier molecular flexibility index (Phi) is 1.74. The molecule has 100 valence electrons. The van der Waals surface area contributed by atoms with Crippen LogP contribution >= 0.6 is 0 Å². The van der Waals surface area contributed by atoms with Gasteiger partial charge in [0, 0.05) is 12.5 Å². The van der Waals surface area contributed by atoms with Crippen LogP contribution in [0.5, 0.6) is 11.5 Å². The van der Waals surface area contributed by atoms with E-state index in [-0.39, 0.29) is 0 Å². The van der Waals surface area contributed by atoms with Gasteiger partial charge in [0.15, 0.2) is 11.5 Å². The molecule has 0 fully saturated rings. The average molecular weight is 264 g/mol. The predicted molar refractivity (Wildman–Crippen MR) is 80.2 cm³/mol. The van der Waals surface area contributed by atoms with Crippen molar-refractivity contribution in [2.45, 2.75) is 32.5 Å². The van der Waals surface area contributed by atoms with Gasteiger partial charge in [-0.15, -0.1) is 0 Å². The maximum atomic E-state index is 6.14. The van der Waals surface area contributed by atoms with Gasteiger partial charge in [-0.2, -0.15) is 0 Å². The van der Waals surface area contributed by atoms with Crippen molar-refractivity contribution < 1.29 is 4.74 Å². The largest absolute Gasteiger partial charge is 0.453 e. The fourth-order valence-electron chi connectivity index (χ4n) is 3.95. The number of hydrogen-bond donors (Lipinski definition) is 0. The lowest BCUT2D eigenvalue weighted by molar-refractivity contribution is 0.474. The van der Waals surface area contributed by atoms with Gasteiger partial charge >= 0.3 is 0 Å². The van der Waals surface area contributed by atoms with Gasteiger partial charge in [-0.05, 0) is 37.6 Å². The van der Waals surface area contributed by atoms with Gasteiger partial charge < -0.3 is 14.5 Å². The highest BCUT2D eigenvalue weighted by molar-refractivity contribution is 5.95. The summed E-state index contributed by atoms with van der Waals surface area (Å²) in [5.41, 5.74) is 5.24. The number of nitrogens with zero attached hydrogens (tertiary/aromatic N) is 2. The zero-order chi connectivity index (χ0) is 13.4. The maximum Gasteiger partial charge on any atom is 0.153 e. The SMILES string of the molecule is CC(C)N1c2cccc3c2N2c4c(cccc4O3)CC21. The van der Waals surface area contributed by atoms with E-state index in [9.17, 15) is 0 Å². The molecule has 20 heavy (non-hydrogen) atoms. The molecule has 2 aromatic rings. The number of hydrogen-bond acceptors (Lipinski definition) is 3. The number of anilines is 3. The zero-order valence-electron chi connectivity index (χ0n) is 11.6. The van der Waals surface area contributed by atoms with Crippen molar-refractivity contribution in [3.05, 3.63) is 42.0 Å². The van der Waals surface area contributed by atoms with Crippen LogP contribution in [-0.4, -0.2) is 12.2 Å². The summed E-state index contributed by atoms with van der Waals surface area (Å²) in [6.07, 6.45) is 1.48. The van der Waals surface area contributed by atoms with Crippen molar-refractivity contribution in [3.8, 4) is 11.5 Å². The van der Waals surface area contributed by atoms with Gasteiger partial charge in [-0.3, -0.25) is 0 Å². The third kappa shape index (κ3) is 1.04. The lowest BCUT2D eigenvalue weighted by Gasteiger charge is -2.32. The molecule has 0 saturated heterocycles. The highest BCUT2D eigenvalue weighted by Gasteiger charge is 2.48. The molecule has 0 saturated carbocycles. The molecule has 0 amide bonds. The summed E-state index contributed by atoms with van der Waals surface area (Å²) in [5.74, 6) is 1.99. The summed E-state index contributed by atoms with van der Waals surface area (Å²) in [7, 11) is 0. The highest BCUT2D eigenvalue weighted by Crippen LogP contribution is 2.60. The Morgan fingerprint density at radius 3 is 2.60 bits per heavy atom. The summed E-state index contributed by atoms with van der Waals surface area (Å²) in [4.78, 5) is 5.01. The molecule has 0 radical (unpaired) electrons. The third-order valence-electron chi connectivity index (χ3n) is 4.62. The van der Waals surface area contributed by atoms with Gasteiger partial charge in [0.1, 0.15) is 11.9 Å². The van der Waals surface area contributed by atoms with Crippen LogP contribution in [0.3, 0.4) is 0 Å². The normalized spacial score (nSPS) is 20.4. The second kappa shape index (κ2) is 3.29. The summed E-state index contributed by atoms with van der Waals surface area (Å²) in [6, 6.07) is 13.3. The Morgan fingerprint density at radius 1 is 1.05 bits per heavy atom. The monoisotopic (exact) mass is 264 g/mol. The quantitative estimate of drug-likeness (QED) is 0.773. The highest BCUT2D eigenvalue weighted by atomic mass is 16.5. The van der Waals surface area contributed by atoms with Crippen LogP contribution in [0.15, 0.2) is 36.4 Å². The van der Waals surface area contributed by atoms with Crippen LogP contribution in [-0.2, 0) is 6.42 Å². The molecule has 0 spiro atoms. The van der Waals surface area contributed by atoms with Gasteiger partial charge in [-0.1, -0.05) is 18.2 Å². The van der Waals surface area contributed by atoms with Crippen molar-refractivity contribution >= 4 is 17.1 Å². The fraction of sp³-hybridized carbons (Fsp3) is 0.294. The smallest absolute Gasteiger partial charge is 0.153 e. The Hall–Kier alpha value is -2.16. The van der Waals surface area contributed by atoms with E-state index in [1.165, 1.54) is 22.6 Å². The summed E-state index contributed by atoms with van der Waals surface area (Å²) < 4.78 is 6.14. The average Bonchev–Trinajstić information content (AvgIpc) is 2.94. The molecule has 1 unspecified atom stereocenters. The fourth-order valence-corrected chi connectivity index (χ4v) is 3.95. The van der Waals surface area contributed by atoms with Crippen molar-refractivity contribution in [2.75, 3.05) is 9.80 Å². The molecule has 2 aromatic carbocycles. The van der Waals surface area contributed by atoms with Crippen LogP contribution in [0.25, 0.3) is 0 Å². The van der Waals surface area contributed by atoms with E-state index in [4.69, 9.17) is 4.74 Å². The molecule has 0 aromatic heterocycles. The molecule has 1 atom stereocenters. The number of rotatable bonds is 1. The molecule has 0 bridgehead atoms. The van der Waals surface area contributed by atoms with Crippen LogP contribution in [0, 0.1) is 0 Å². The molecule has 5 rings (SSSR count). The lowest BCUT2D eigenvalue weighted by Crippen LogP contribution is -2.43.